The molecule has 0 aliphatic rings. The van der Waals surface area contributed by atoms with Crippen LogP contribution in [-0.2, 0) is 12.8 Å². The van der Waals surface area contributed by atoms with Crippen molar-refractivity contribution in [3.63, 3.8) is 0 Å². The lowest BCUT2D eigenvalue weighted by Gasteiger charge is -2.20. The minimum absolute atomic E-state index is 0.234. The van der Waals surface area contributed by atoms with E-state index in [4.69, 9.17) is 0 Å². The molecule has 0 saturated carbocycles. The van der Waals surface area contributed by atoms with Gasteiger partial charge in [-0.25, -0.2) is 0 Å². The van der Waals surface area contributed by atoms with Crippen LogP contribution in [0.1, 0.15) is 43.1 Å². The maximum atomic E-state index is 4.63. The lowest BCUT2D eigenvalue weighted by molar-refractivity contribution is 0.513. The summed E-state index contributed by atoms with van der Waals surface area (Å²) in [6, 6.07) is 6.54. The maximum absolute atomic E-state index is 4.63. The van der Waals surface area contributed by atoms with Crippen LogP contribution in [-0.4, -0.2) is 16.5 Å². The first kappa shape index (κ1) is 16.1. The molecule has 2 heterocycles. The number of pyridine rings is 2. The van der Waals surface area contributed by atoms with Crippen molar-refractivity contribution in [2.45, 2.75) is 39.2 Å². The third-order valence-electron chi connectivity index (χ3n) is 3.48. The summed E-state index contributed by atoms with van der Waals surface area (Å²) in [5.74, 6) is 0. The highest BCUT2D eigenvalue weighted by atomic mass is 79.9. The molecule has 0 radical (unpaired) electrons. The van der Waals surface area contributed by atoms with Crippen LogP contribution in [0.5, 0.6) is 0 Å². The molecule has 1 N–H and O–H groups in total. The predicted octanol–water partition coefficient (Wildman–Crippen LogP) is 4.08. The Bertz CT molecular complexity index is 571. The summed E-state index contributed by atoms with van der Waals surface area (Å²) in [5.41, 5.74) is 3.69. The molecule has 2 aromatic heterocycles. The van der Waals surface area contributed by atoms with Crippen LogP contribution in [0.4, 0.5) is 0 Å². The Morgan fingerprint density at radius 1 is 1.29 bits per heavy atom. The number of aryl methyl sites for hydroxylation is 1. The molecule has 3 nitrogen and oxygen atoms in total. The molecule has 0 amide bonds. The van der Waals surface area contributed by atoms with Gasteiger partial charge < -0.3 is 5.32 Å². The second-order valence-electron chi connectivity index (χ2n) is 5.12. The van der Waals surface area contributed by atoms with E-state index in [1.54, 1.807) is 0 Å². The van der Waals surface area contributed by atoms with Crippen LogP contribution < -0.4 is 5.32 Å². The predicted molar refractivity (Wildman–Crippen MR) is 90.3 cm³/mol. The van der Waals surface area contributed by atoms with E-state index in [1.807, 2.05) is 24.7 Å². The first-order chi connectivity index (χ1) is 10.2. The second kappa shape index (κ2) is 8.25. The second-order valence-corrected chi connectivity index (χ2v) is 6.04. The van der Waals surface area contributed by atoms with Gasteiger partial charge in [-0.05, 0) is 65.0 Å². The van der Waals surface area contributed by atoms with Crippen molar-refractivity contribution in [2.75, 3.05) is 6.54 Å². The number of hydrogen-bond donors (Lipinski definition) is 1. The summed E-state index contributed by atoms with van der Waals surface area (Å²) in [6.45, 7) is 5.35. The summed E-state index contributed by atoms with van der Waals surface area (Å²) >= 11 is 3.49. The Kier molecular flexibility index (Phi) is 6.33. The average molecular weight is 348 g/mol. The molecule has 21 heavy (non-hydrogen) atoms. The lowest BCUT2D eigenvalue weighted by atomic mass is 9.99. The highest BCUT2D eigenvalue weighted by Crippen LogP contribution is 2.21. The molecule has 4 heteroatoms. The number of nitrogens with one attached hydrogen (secondary N) is 1. The molecule has 2 aromatic rings. The summed E-state index contributed by atoms with van der Waals surface area (Å²) in [5, 5.41) is 3.62. The number of nitrogens with zero attached hydrogens (tertiary/aromatic N) is 2. The molecule has 1 atom stereocenters. The number of rotatable bonds is 7. The van der Waals surface area contributed by atoms with Crippen molar-refractivity contribution in [1.29, 1.82) is 0 Å². The highest BCUT2D eigenvalue weighted by molar-refractivity contribution is 9.10. The zero-order chi connectivity index (χ0) is 15.1. The van der Waals surface area contributed by atoms with Crippen molar-refractivity contribution in [1.82, 2.24) is 15.3 Å². The van der Waals surface area contributed by atoms with E-state index in [2.05, 4.69) is 57.2 Å². The molecule has 0 saturated heterocycles. The standard InChI is InChI=1S/C17H22BrN3/c1-3-7-20-16(10-13-9-15(18)12-19-11-13)17-14(4-2)6-5-8-21-17/h5-6,8-9,11-12,16,20H,3-4,7,10H2,1-2H3. The quantitative estimate of drug-likeness (QED) is 0.819. The molecule has 2 rings (SSSR count). The highest BCUT2D eigenvalue weighted by Gasteiger charge is 2.16. The smallest absolute Gasteiger partial charge is 0.0608 e. The Morgan fingerprint density at radius 2 is 2.14 bits per heavy atom. The molecule has 0 bridgehead atoms. The van der Waals surface area contributed by atoms with E-state index in [1.165, 1.54) is 11.1 Å². The topological polar surface area (TPSA) is 37.8 Å². The van der Waals surface area contributed by atoms with Gasteiger partial charge in [-0.1, -0.05) is 19.9 Å². The molecule has 0 aliphatic carbocycles. The van der Waals surface area contributed by atoms with Gasteiger partial charge in [-0.15, -0.1) is 0 Å². The normalized spacial score (nSPS) is 12.3. The summed E-state index contributed by atoms with van der Waals surface area (Å²) in [7, 11) is 0. The van der Waals surface area contributed by atoms with E-state index in [9.17, 15) is 0 Å². The Labute approximate surface area is 135 Å². The number of halogens is 1. The summed E-state index contributed by atoms with van der Waals surface area (Å²) in [4.78, 5) is 8.89. The van der Waals surface area contributed by atoms with Crippen LogP contribution >= 0.6 is 15.9 Å². The molecule has 0 aromatic carbocycles. The van der Waals surface area contributed by atoms with Crippen LogP contribution in [0.3, 0.4) is 0 Å². The SMILES string of the molecule is CCCNC(Cc1cncc(Br)c1)c1ncccc1CC. The van der Waals surface area contributed by atoms with E-state index < -0.39 is 0 Å². The molecular formula is C17H22BrN3. The van der Waals surface area contributed by atoms with Crippen molar-refractivity contribution in [3.8, 4) is 0 Å². The Morgan fingerprint density at radius 3 is 2.86 bits per heavy atom. The molecule has 1 unspecified atom stereocenters. The maximum Gasteiger partial charge on any atom is 0.0608 e. The molecule has 0 fully saturated rings. The number of hydrogen-bond acceptors (Lipinski definition) is 3. The van der Waals surface area contributed by atoms with Crippen LogP contribution in [0.25, 0.3) is 0 Å². The van der Waals surface area contributed by atoms with Gasteiger partial charge in [0.15, 0.2) is 0 Å². The number of aromatic nitrogens is 2. The fourth-order valence-electron chi connectivity index (χ4n) is 2.45. The Balaban J connectivity index is 2.25. The summed E-state index contributed by atoms with van der Waals surface area (Å²) in [6.07, 6.45) is 8.65. The van der Waals surface area contributed by atoms with Crippen LogP contribution in [0, 0.1) is 0 Å². The third kappa shape index (κ3) is 4.61. The van der Waals surface area contributed by atoms with E-state index in [0.29, 0.717) is 0 Å². The van der Waals surface area contributed by atoms with Crippen LogP contribution in [0.15, 0.2) is 41.3 Å². The fraction of sp³-hybridized carbons (Fsp3) is 0.412. The largest absolute Gasteiger partial charge is 0.308 e. The van der Waals surface area contributed by atoms with Gasteiger partial charge in [0.05, 0.1) is 11.7 Å². The van der Waals surface area contributed by atoms with Crippen LogP contribution in [0.2, 0.25) is 0 Å². The zero-order valence-electron chi connectivity index (χ0n) is 12.6. The molecule has 112 valence electrons. The van der Waals surface area contributed by atoms with Crippen molar-refractivity contribution in [3.05, 3.63) is 58.1 Å². The van der Waals surface area contributed by atoms with Crippen molar-refractivity contribution >= 4 is 15.9 Å². The van der Waals surface area contributed by atoms with Gasteiger partial charge in [0.25, 0.3) is 0 Å². The molecule has 0 aliphatic heterocycles. The van der Waals surface area contributed by atoms with E-state index in [-0.39, 0.29) is 6.04 Å². The molecular weight excluding hydrogens is 326 g/mol. The third-order valence-corrected chi connectivity index (χ3v) is 3.91. The van der Waals surface area contributed by atoms with Gasteiger partial charge in [-0.3, -0.25) is 9.97 Å². The average Bonchev–Trinajstić information content (AvgIpc) is 2.51. The van der Waals surface area contributed by atoms with Gasteiger partial charge >= 0.3 is 0 Å². The van der Waals surface area contributed by atoms with Crippen molar-refractivity contribution in [2.24, 2.45) is 0 Å². The fourth-order valence-corrected chi connectivity index (χ4v) is 2.86. The first-order valence-corrected chi connectivity index (χ1v) is 8.30. The van der Waals surface area contributed by atoms with Gasteiger partial charge in [0, 0.05) is 23.1 Å². The Hall–Kier alpha value is -1.26. The lowest BCUT2D eigenvalue weighted by Crippen LogP contribution is -2.26. The van der Waals surface area contributed by atoms with Crippen molar-refractivity contribution < 1.29 is 0 Å². The first-order valence-electron chi connectivity index (χ1n) is 7.51. The van der Waals surface area contributed by atoms with Gasteiger partial charge in [0.1, 0.15) is 0 Å². The van der Waals surface area contributed by atoms with Gasteiger partial charge in [-0.2, -0.15) is 0 Å². The monoisotopic (exact) mass is 347 g/mol. The molecule has 0 spiro atoms. The van der Waals surface area contributed by atoms with Gasteiger partial charge in [0.2, 0.25) is 0 Å². The zero-order valence-corrected chi connectivity index (χ0v) is 14.2. The minimum Gasteiger partial charge on any atom is -0.308 e. The van der Waals surface area contributed by atoms with E-state index >= 15 is 0 Å². The minimum atomic E-state index is 0.234. The van der Waals surface area contributed by atoms with E-state index in [0.717, 1.165) is 36.0 Å². The summed E-state index contributed by atoms with van der Waals surface area (Å²) < 4.78 is 1.02.